The van der Waals surface area contributed by atoms with E-state index in [2.05, 4.69) is 40.3 Å². The molecule has 2 aliphatic rings. The highest BCUT2D eigenvalue weighted by Crippen LogP contribution is 2.35. The van der Waals surface area contributed by atoms with E-state index in [1.54, 1.807) is 7.11 Å². The molecule has 4 atom stereocenters. The minimum Gasteiger partial charge on any atom is -0.491 e. The number of nitrogen functional groups attached to an aromatic ring is 1. The van der Waals surface area contributed by atoms with Gasteiger partial charge in [-0.3, -0.25) is 4.79 Å². The van der Waals surface area contributed by atoms with Gasteiger partial charge in [0.1, 0.15) is 22.1 Å². The highest BCUT2D eigenvalue weighted by atomic mass is 32.1. The number of nitrogens with two attached hydrogens (primary N) is 2. The van der Waals surface area contributed by atoms with Crippen LogP contribution in [-0.4, -0.2) is 55.4 Å². The van der Waals surface area contributed by atoms with E-state index >= 15 is 0 Å². The molecule has 5 N–H and O–H groups in total. The maximum Gasteiger partial charge on any atom is 0.263 e. The van der Waals surface area contributed by atoms with Crippen molar-refractivity contribution in [2.24, 2.45) is 5.73 Å². The first-order chi connectivity index (χ1) is 15.9. The van der Waals surface area contributed by atoms with Crippen molar-refractivity contribution in [3.63, 3.8) is 0 Å². The third kappa shape index (κ3) is 3.90. The fraction of sp³-hybridized carbons (Fsp3) is 0.417. The van der Waals surface area contributed by atoms with Crippen molar-refractivity contribution in [3.8, 4) is 5.75 Å². The lowest BCUT2D eigenvalue weighted by molar-refractivity contribution is 0.0877. The van der Waals surface area contributed by atoms with E-state index in [9.17, 15) is 4.79 Å². The fourth-order valence-electron chi connectivity index (χ4n) is 4.89. The van der Waals surface area contributed by atoms with Gasteiger partial charge < -0.3 is 31.2 Å². The summed E-state index contributed by atoms with van der Waals surface area (Å²) in [4.78, 5) is 21.0. The topological polar surface area (TPSA) is 116 Å². The number of nitrogens with one attached hydrogen (secondary N) is 1. The number of benzene rings is 1. The number of hydrogen-bond donors (Lipinski definition) is 3. The monoisotopic (exact) mass is 467 g/mol. The van der Waals surface area contributed by atoms with Crippen molar-refractivity contribution in [1.82, 2.24) is 10.3 Å². The number of rotatable bonds is 4. The normalized spacial score (nSPS) is 24.5. The molecule has 8 nitrogen and oxygen atoms in total. The van der Waals surface area contributed by atoms with Crippen molar-refractivity contribution in [1.29, 1.82) is 0 Å². The molecule has 174 valence electrons. The van der Waals surface area contributed by atoms with E-state index in [1.165, 1.54) is 11.3 Å². The molecule has 0 bridgehead atoms. The van der Waals surface area contributed by atoms with E-state index in [1.807, 2.05) is 19.1 Å². The number of pyridine rings is 1. The van der Waals surface area contributed by atoms with Crippen molar-refractivity contribution in [2.45, 2.75) is 44.5 Å². The molecule has 1 aromatic carbocycles. The zero-order chi connectivity index (χ0) is 23.3. The maximum atomic E-state index is 13.0. The summed E-state index contributed by atoms with van der Waals surface area (Å²) in [5.74, 6) is 0.660. The second kappa shape index (κ2) is 8.48. The van der Waals surface area contributed by atoms with Crippen LogP contribution in [0.2, 0.25) is 0 Å². The van der Waals surface area contributed by atoms with Gasteiger partial charge in [-0.05, 0) is 44.0 Å². The van der Waals surface area contributed by atoms with Crippen LogP contribution in [0.25, 0.3) is 10.2 Å². The van der Waals surface area contributed by atoms with E-state index in [0.717, 1.165) is 39.5 Å². The Balaban J connectivity index is 1.29. The number of carbonyl (C=O) groups is 1. The predicted octanol–water partition coefficient (Wildman–Crippen LogP) is 2.47. The summed E-state index contributed by atoms with van der Waals surface area (Å²) >= 11 is 1.32. The Bertz CT molecular complexity index is 1210. The van der Waals surface area contributed by atoms with E-state index in [-0.39, 0.29) is 30.1 Å². The Hall–Kier alpha value is -2.88. The molecule has 0 saturated carbocycles. The molecule has 2 aromatic heterocycles. The van der Waals surface area contributed by atoms with Gasteiger partial charge in [0.05, 0.1) is 29.9 Å². The number of nitrogens with zero attached hydrogens (tertiary/aromatic N) is 2. The number of carbonyl (C=O) groups excluding carboxylic acids is 1. The van der Waals surface area contributed by atoms with E-state index in [0.29, 0.717) is 23.6 Å². The summed E-state index contributed by atoms with van der Waals surface area (Å²) in [6.07, 6.45) is 0.696. The highest BCUT2D eigenvalue weighted by molar-refractivity contribution is 7.21. The van der Waals surface area contributed by atoms with Crippen molar-refractivity contribution < 1.29 is 14.3 Å². The van der Waals surface area contributed by atoms with Gasteiger partial charge in [0, 0.05) is 36.5 Å². The number of fused-ring (bicyclic) bond motifs is 2. The third-order valence-electron chi connectivity index (χ3n) is 6.63. The Morgan fingerprint density at radius 2 is 2.15 bits per heavy atom. The first-order valence-electron chi connectivity index (χ1n) is 11.1. The predicted molar refractivity (Wildman–Crippen MR) is 131 cm³/mol. The summed E-state index contributed by atoms with van der Waals surface area (Å²) in [6, 6.07) is 10.1. The summed E-state index contributed by atoms with van der Waals surface area (Å²) in [5, 5.41) is 3.90. The number of hydrogen-bond acceptors (Lipinski definition) is 8. The van der Waals surface area contributed by atoms with Crippen LogP contribution in [0.15, 0.2) is 30.3 Å². The standard InChI is InChI=1S/C24H29N5O3S/c1-12-4-7-17-20(26)22(33-24(17)27-12)23(30)28-15-8-14-5-6-16(9-19(14)32-11-15)29-10-18(25)21(31-3)13(29)2/h4-7,9,13,15,18,21H,8,10-11,25-26H2,1-3H3,(H,28,30)/t13-,15+,18+,21+/m0/s1. The molecule has 0 spiro atoms. The second-order valence-corrected chi connectivity index (χ2v) is 9.88. The van der Waals surface area contributed by atoms with Gasteiger partial charge in [-0.2, -0.15) is 0 Å². The smallest absolute Gasteiger partial charge is 0.263 e. The molecule has 1 amide bonds. The number of anilines is 2. The first kappa shape index (κ1) is 21.9. The van der Waals surface area contributed by atoms with Crippen LogP contribution < -0.4 is 26.4 Å². The molecule has 1 saturated heterocycles. The second-order valence-electron chi connectivity index (χ2n) is 8.88. The summed E-state index contributed by atoms with van der Waals surface area (Å²) < 4.78 is 11.6. The zero-order valence-electron chi connectivity index (χ0n) is 19.0. The minimum atomic E-state index is -0.188. The SMILES string of the molecule is CO[C@H]1[C@H](N)CN(c2ccc3c(c2)OC[C@H](NC(=O)c2sc4nc(C)ccc4c2N)C3)[C@H]1C. The van der Waals surface area contributed by atoms with Crippen molar-refractivity contribution >= 4 is 38.8 Å². The molecule has 3 aromatic rings. The molecule has 0 unspecified atom stereocenters. The average molecular weight is 468 g/mol. The number of amides is 1. The zero-order valence-corrected chi connectivity index (χ0v) is 19.8. The molecule has 0 radical (unpaired) electrons. The van der Waals surface area contributed by atoms with Crippen LogP contribution in [0.5, 0.6) is 5.75 Å². The molecule has 0 aliphatic carbocycles. The third-order valence-corrected chi connectivity index (χ3v) is 7.75. The number of aromatic nitrogens is 1. The fourth-order valence-corrected chi connectivity index (χ4v) is 5.93. The van der Waals surface area contributed by atoms with Crippen LogP contribution in [-0.2, 0) is 11.2 Å². The number of thiophene rings is 1. The molecular weight excluding hydrogens is 438 g/mol. The molecule has 9 heteroatoms. The van der Waals surface area contributed by atoms with Crippen LogP contribution in [0.1, 0.15) is 27.9 Å². The molecule has 2 aliphatic heterocycles. The van der Waals surface area contributed by atoms with Crippen molar-refractivity contribution in [2.75, 3.05) is 30.9 Å². The molecule has 4 heterocycles. The van der Waals surface area contributed by atoms with Gasteiger partial charge in [0.15, 0.2) is 0 Å². The van der Waals surface area contributed by atoms with Gasteiger partial charge in [-0.15, -0.1) is 11.3 Å². The van der Waals surface area contributed by atoms with Crippen LogP contribution in [0, 0.1) is 6.92 Å². The minimum absolute atomic E-state index is 0.00185. The number of methoxy groups -OCH3 is 1. The van der Waals surface area contributed by atoms with Gasteiger partial charge >= 0.3 is 0 Å². The lowest BCUT2D eigenvalue weighted by atomic mass is 10.0. The van der Waals surface area contributed by atoms with E-state index < -0.39 is 0 Å². The Labute approximate surface area is 196 Å². The van der Waals surface area contributed by atoms with Crippen LogP contribution in [0.4, 0.5) is 11.4 Å². The summed E-state index contributed by atoms with van der Waals surface area (Å²) in [5.41, 5.74) is 16.0. The molecule has 5 rings (SSSR count). The Morgan fingerprint density at radius 3 is 2.91 bits per heavy atom. The lowest BCUT2D eigenvalue weighted by Gasteiger charge is -2.29. The van der Waals surface area contributed by atoms with E-state index in [4.69, 9.17) is 20.9 Å². The maximum absolute atomic E-state index is 13.0. The summed E-state index contributed by atoms with van der Waals surface area (Å²) in [6.45, 7) is 5.19. The highest BCUT2D eigenvalue weighted by Gasteiger charge is 2.37. The quantitative estimate of drug-likeness (QED) is 0.540. The Morgan fingerprint density at radius 1 is 1.33 bits per heavy atom. The van der Waals surface area contributed by atoms with Crippen molar-refractivity contribution in [3.05, 3.63) is 46.5 Å². The van der Waals surface area contributed by atoms with Crippen LogP contribution in [0.3, 0.4) is 0 Å². The van der Waals surface area contributed by atoms with Gasteiger partial charge in [-0.1, -0.05) is 6.07 Å². The van der Waals surface area contributed by atoms with Gasteiger partial charge in [0.25, 0.3) is 5.91 Å². The molecule has 33 heavy (non-hydrogen) atoms. The Kier molecular flexibility index (Phi) is 5.64. The average Bonchev–Trinajstić information content (AvgIpc) is 3.28. The summed E-state index contributed by atoms with van der Waals surface area (Å²) in [7, 11) is 1.71. The first-order valence-corrected chi connectivity index (χ1v) is 11.9. The lowest BCUT2D eigenvalue weighted by Crippen LogP contribution is -2.42. The number of aryl methyl sites for hydroxylation is 1. The largest absolute Gasteiger partial charge is 0.491 e. The van der Waals surface area contributed by atoms with Crippen LogP contribution >= 0.6 is 11.3 Å². The van der Waals surface area contributed by atoms with Gasteiger partial charge in [0.2, 0.25) is 0 Å². The van der Waals surface area contributed by atoms with Gasteiger partial charge in [-0.25, -0.2) is 4.98 Å². The molecular formula is C24H29N5O3S. The molecule has 1 fully saturated rings. The number of ether oxygens (including phenoxy) is 2.